The van der Waals surface area contributed by atoms with Crippen LogP contribution in [0.25, 0.3) is 20.2 Å². The van der Waals surface area contributed by atoms with Crippen LogP contribution in [-0.4, -0.2) is 13.4 Å². The van der Waals surface area contributed by atoms with Gasteiger partial charge in [0.2, 0.25) is 13.4 Å². The minimum Gasteiger partial charge on any atom is -0.135 e. The fourth-order valence-corrected chi connectivity index (χ4v) is 10.2. The summed E-state index contributed by atoms with van der Waals surface area (Å²) in [7, 11) is 0. The Morgan fingerprint density at radius 3 is 1.42 bits per heavy atom. The topological polar surface area (TPSA) is 0 Å². The maximum Gasteiger partial charge on any atom is 0.242 e. The van der Waals surface area contributed by atoms with Crippen molar-refractivity contribution in [3.63, 3.8) is 0 Å². The average Bonchev–Trinajstić information content (AvgIpc) is 3.41. The molecular weight excluding hydrogens is 642 g/mol. The zero-order valence-electron chi connectivity index (χ0n) is 33.6. The molecule has 3 heteroatoms. The van der Waals surface area contributed by atoms with Gasteiger partial charge in [-0.2, -0.15) is 0 Å². The summed E-state index contributed by atoms with van der Waals surface area (Å²) >= 11 is 1.90. The third-order valence-electron chi connectivity index (χ3n) is 11.1. The summed E-state index contributed by atoms with van der Waals surface area (Å²) in [5.41, 5.74) is 22.6. The molecule has 1 heterocycles. The number of hydrogen-bond donors (Lipinski definition) is 0. The van der Waals surface area contributed by atoms with Crippen LogP contribution in [0.2, 0.25) is 0 Å². The molecule has 0 radical (unpaired) electrons. The quantitative estimate of drug-likeness (QED) is 0.104. The maximum atomic E-state index is 4.81. The molecule has 0 saturated heterocycles. The second-order valence-corrected chi connectivity index (χ2v) is 16.7. The predicted molar refractivity (Wildman–Crippen MR) is 238 cm³/mol. The zero-order chi connectivity index (χ0) is 37.6. The van der Waals surface area contributed by atoms with Gasteiger partial charge in [-0.05, 0) is 105 Å². The molecule has 6 rings (SSSR count). The van der Waals surface area contributed by atoms with Crippen molar-refractivity contribution in [2.45, 2.75) is 89.5 Å². The molecule has 262 valence electrons. The van der Waals surface area contributed by atoms with Gasteiger partial charge in [0.25, 0.3) is 0 Å². The van der Waals surface area contributed by atoms with Crippen LogP contribution in [0.3, 0.4) is 0 Å². The van der Waals surface area contributed by atoms with Gasteiger partial charge in [0, 0.05) is 9.40 Å². The lowest BCUT2D eigenvalue weighted by molar-refractivity contribution is 1.19. The molecule has 0 bridgehead atoms. The Hall–Kier alpha value is -4.33. The Morgan fingerprint density at radius 2 is 0.981 bits per heavy atom. The van der Waals surface area contributed by atoms with Gasteiger partial charge < -0.3 is 0 Å². The summed E-state index contributed by atoms with van der Waals surface area (Å²) in [5, 5.41) is 2.67. The number of thiophene rings is 1. The molecule has 0 fully saturated rings. The molecule has 0 N–H and O–H groups in total. The monoisotopic (exact) mass is 696 g/mol. The van der Waals surface area contributed by atoms with Crippen molar-refractivity contribution >= 4 is 72.2 Å². The Morgan fingerprint density at radius 1 is 0.577 bits per heavy atom. The summed E-state index contributed by atoms with van der Waals surface area (Å²) in [4.78, 5) is 0. The smallest absolute Gasteiger partial charge is 0.135 e. The van der Waals surface area contributed by atoms with Crippen LogP contribution < -0.4 is 27.3 Å². The number of hydrogen-bond acceptors (Lipinski definition) is 1. The van der Waals surface area contributed by atoms with E-state index in [-0.39, 0.29) is 13.4 Å². The van der Waals surface area contributed by atoms with E-state index in [0.717, 1.165) is 11.9 Å². The Bertz CT molecular complexity index is 2310. The van der Waals surface area contributed by atoms with Crippen LogP contribution in [0.4, 0.5) is 0 Å². The van der Waals surface area contributed by atoms with Gasteiger partial charge in [-0.3, -0.25) is 0 Å². The summed E-state index contributed by atoms with van der Waals surface area (Å²) in [5.74, 6) is 0. The fraction of sp³-hybridized carbons (Fsp3) is 0.265. The van der Waals surface area contributed by atoms with E-state index in [1.807, 2.05) is 11.3 Å². The van der Waals surface area contributed by atoms with E-state index >= 15 is 0 Å². The van der Waals surface area contributed by atoms with E-state index in [2.05, 4.69) is 168 Å². The molecule has 1 aromatic heterocycles. The van der Waals surface area contributed by atoms with Gasteiger partial charge in [-0.25, -0.2) is 0 Å². The highest BCUT2D eigenvalue weighted by Crippen LogP contribution is 2.33. The van der Waals surface area contributed by atoms with E-state index in [9.17, 15) is 0 Å². The molecule has 5 aromatic carbocycles. The molecule has 0 saturated carbocycles. The largest absolute Gasteiger partial charge is 0.242 e. The van der Waals surface area contributed by atoms with E-state index in [1.165, 1.54) is 109 Å². The molecule has 0 aliphatic carbocycles. The summed E-state index contributed by atoms with van der Waals surface area (Å²) in [6.45, 7) is 32.0. The number of benzene rings is 5. The molecule has 6 aromatic rings. The molecule has 0 spiro atoms. The zero-order valence-corrected chi connectivity index (χ0v) is 34.4. The summed E-state index contributed by atoms with van der Waals surface area (Å²) in [6, 6.07) is 28.6. The first-order valence-corrected chi connectivity index (χ1v) is 19.7. The second kappa shape index (κ2) is 15.0. The highest BCUT2D eigenvalue weighted by Gasteiger charge is 2.30. The second-order valence-electron chi connectivity index (χ2n) is 15.6. The normalized spacial score (nSPS) is 12.2. The van der Waals surface area contributed by atoms with Crippen molar-refractivity contribution in [1.82, 2.24) is 0 Å². The van der Waals surface area contributed by atoms with Crippen molar-refractivity contribution < 1.29 is 0 Å². The molecule has 0 unspecified atom stereocenters. The maximum absolute atomic E-state index is 4.81. The Balaban J connectivity index is 1.60. The van der Waals surface area contributed by atoms with Crippen LogP contribution in [0.5, 0.6) is 0 Å². The lowest BCUT2D eigenvalue weighted by atomic mass is 9.34. The molecule has 0 aliphatic rings. The van der Waals surface area contributed by atoms with Crippen LogP contribution in [0.15, 0.2) is 108 Å². The third kappa shape index (κ3) is 7.18. The third-order valence-corrected chi connectivity index (χ3v) is 12.2. The Kier molecular flexibility index (Phi) is 10.8. The Labute approximate surface area is 318 Å². The SMILES string of the molecule is C=C(B(c1ccc2sc3ccc(B(c4c(C)cc(C)cc4C)c4c(C)cc(C)cc4C)cc3c2c1)c1c(C)cc(C)cc1C)/C(C)=C\C(C)=C/CC. The van der Waals surface area contributed by atoms with E-state index < -0.39 is 0 Å². The lowest BCUT2D eigenvalue weighted by Crippen LogP contribution is -2.55. The van der Waals surface area contributed by atoms with Gasteiger partial charge >= 0.3 is 0 Å². The molecule has 0 atom stereocenters. The van der Waals surface area contributed by atoms with Crippen LogP contribution in [0.1, 0.15) is 77.3 Å². The number of aryl methyl sites for hydroxylation is 9. The molecule has 0 amide bonds. The van der Waals surface area contributed by atoms with E-state index in [4.69, 9.17) is 6.58 Å². The predicted octanol–water partition coefficient (Wildman–Crippen LogP) is 10.4. The fourth-order valence-electron chi connectivity index (χ4n) is 9.17. The van der Waals surface area contributed by atoms with Gasteiger partial charge in [-0.1, -0.05) is 174 Å². The average molecular weight is 697 g/mol. The summed E-state index contributed by atoms with van der Waals surface area (Å²) < 4.78 is 2.66. The van der Waals surface area contributed by atoms with Crippen LogP contribution >= 0.6 is 11.3 Å². The highest BCUT2D eigenvalue weighted by molar-refractivity contribution is 7.26. The first kappa shape index (κ1) is 37.4. The highest BCUT2D eigenvalue weighted by atomic mass is 32.1. The molecule has 52 heavy (non-hydrogen) atoms. The van der Waals surface area contributed by atoms with Crippen molar-refractivity contribution in [1.29, 1.82) is 0 Å². The van der Waals surface area contributed by atoms with Gasteiger partial charge in [0.1, 0.15) is 0 Å². The van der Waals surface area contributed by atoms with Gasteiger partial charge in [0.15, 0.2) is 0 Å². The first-order chi connectivity index (χ1) is 24.7. The van der Waals surface area contributed by atoms with Crippen LogP contribution in [0, 0.1) is 62.3 Å². The molecule has 0 aliphatic heterocycles. The van der Waals surface area contributed by atoms with Crippen molar-refractivity contribution in [2.24, 2.45) is 0 Å². The van der Waals surface area contributed by atoms with Crippen LogP contribution in [-0.2, 0) is 0 Å². The van der Waals surface area contributed by atoms with E-state index in [1.54, 1.807) is 0 Å². The molecular formula is C49H54B2S. The van der Waals surface area contributed by atoms with Crippen molar-refractivity contribution in [2.75, 3.05) is 0 Å². The lowest BCUT2D eigenvalue weighted by Gasteiger charge is -2.25. The van der Waals surface area contributed by atoms with Gasteiger partial charge in [0.05, 0.1) is 0 Å². The molecule has 0 nitrogen and oxygen atoms in total. The number of rotatable bonds is 9. The standard InChI is InChI=1S/C49H54B2S/c1-14-15-29(2)20-33(6)40(13)50(47-34(7)21-30(3)22-35(47)8)41-16-18-45-43(27-41)44-28-42(17-19-46(44)52-45)51(48-36(9)23-31(4)24-37(48)10)49-38(11)25-32(5)26-39(49)12/h15-28H,13-14H2,1-12H3/b29-15-,33-20-. The minimum absolute atomic E-state index is 0.0530. The number of fused-ring (bicyclic) bond motifs is 3. The number of allylic oxidation sites excluding steroid dienone is 5. The minimum atomic E-state index is 0.0530. The van der Waals surface area contributed by atoms with E-state index in [0.29, 0.717) is 0 Å². The van der Waals surface area contributed by atoms with Crippen molar-refractivity contribution in [3.05, 3.63) is 158 Å². The summed E-state index contributed by atoms with van der Waals surface area (Å²) in [6.07, 6.45) is 5.63. The van der Waals surface area contributed by atoms with Gasteiger partial charge in [-0.15, -0.1) is 17.9 Å². The van der Waals surface area contributed by atoms with Crippen molar-refractivity contribution in [3.8, 4) is 0 Å². The first-order valence-electron chi connectivity index (χ1n) is 18.9.